The third kappa shape index (κ3) is 5.06. The normalized spacial score (nSPS) is 16.2. The number of H-pyrrole nitrogens is 1. The van der Waals surface area contributed by atoms with E-state index in [-0.39, 0.29) is 29.8 Å². The summed E-state index contributed by atoms with van der Waals surface area (Å²) in [5, 5.41) is 4.03. The van der Waals surface area contributed by atoms with Gasteiger partial charge in [0.2, 0.25) is 15.9 Å². The summed E-state index contributed by atoms with van der Waals surface area (Å²) < 4.78 is 65.6. The molecule has 0 radical (unpaired) electrons. The van der Waals surface area contributed by atoms with E-state index in [9.17, 15) is 26.4 Å². The maximum absolute atomic E-state index is 13.0. The number of carbonyl (C=O) groups excluding carboxylic acids is 1. The molecule has 0 bridgehead atoms. The second kappa shape index (κ2) is 9.18. The standard InChI is InChI=1S/C23H24F3N3O3S/c24-23(25,26)18-4-3-5-19(14-18)33(31,32)29-12-9-16(10-13-29)22(30)27-11-8-17-15-28-21-7-2-1-6-20(17)21/h1-7,14-16,28H,8-13H2,(H,27,30). The molecule has 1 aromatic heterocycles. The predicted molar refractivity (Wildman–Crippen MR) is 118 cm³/mol. The van der Waals surface area contributed by atoms with Crippen LogP contribution in [0.25, 0.3) is 10.9 Å². The number of piperidine rings is 1. The number of hydrogen-bond donors (Lipinski definition) is 2. The summed E-state index contributed by atoms with van der Waals surface area (Å²) >= 11 is 0. The number of nitrogens with one attached hydrogen (secondary N) is 2. The first-order valence-electron chi connectivity index (χ1n) is 10.7. The minimum atomic E-state index is -4.62. The van der Waals surface area contributed by atoms with Crippen molar-refractivity contribution >= 4 is 26.8 Å². The van der Waals surface area contributed by atoms with Crippen molar-refractivity contribution in [3.63, 3.8) is 0 Å². The Hall–Kier alpha value is -2.85. The summed E-state index contributed by atoms with van der Waals surface area (Å²) in [6.45, 7) is 0.627. The minimum absolute atomic E-state index is 0.0825. The van der Waals surface area contributed by atoms with Crippen molar-refractivity contribution in [2.75, 3.05) is 19.6 Å². The van der Waals surface area contributed by atoms with Crippen molar-refractivity contribution in [2.24, 2.45) is 5.92 Å². The number of aromatic nitrogens is 1. The van der Waals surface area contributed by atoms with Gasteiger partial charge < -0.3 is 10.3 Å². The number of fused-ring (bicyclic) bond motifs is 1. The highest BCUT2D eigenvalue weighted by Gasteiger charge is 2.35. The molecule has 2 N–H and O–H groups in total. The topological polar surface area (TPSA) is 82.3 Å². The summed E-state index contributed by atoms with van der Waals surface area (Å²) in [5.41, 5.74) is 1.13. The molecule has 0 spiro atoms. The Morgan fingerprint density at radius 2 is 1.82 bits per heavy atom. The number of aromatic amines is 1. The highest BCUT2D eigenvalue weighted by atomic mass is 32.2. The van der Waals surface area contributed by atoms with Crippen LogP contribution in [-0.2, 0) is 27.4 Å². The summed E-state index contributed by atoms with van der Waals surface area (Å²) in [6, 6.07) is 11.6. The lowest BCUT2D eigenvalue weighted by molar-refractivity contribution is -0.137. The zero-order valence-corrected chi connectivity index (χ0v) is 18.5. The first-order chi connectivity index (χ1) is 15.7. The van der Waals surface area contributed by atoms with Gasteiger partial charge in [0.05, 0.1) is 10.5 Å². The molecule has 0 unspecified atom stereocenters. The van der Waals surface area contributed by atoms with E-state index in [1.807, 2.05) is 30.5 Å². The smallest absolute Gasteiger partial charge is 0.361 e. The minimum Gasteiger partial charge on any atom is -0.361 e. The molecular formula is C23H24F3N3O3S. The third-order valence-corrected chi connectivity index (χ3v) is 7.89. The molecule has 0 aliphatic carbocycles. The maximum atomic E-state index is 13.0. The molecule has 4 rings (SSSR count). The average Bonchev–Trinajstić information content (AvgIpc) is 3.22. The molecule has 33 heavy (non-hydrogen) atoms. The van der Waals surface area contributed by atoms with E-state index < -0.39 is 21.8 Å². The Morgan fingerprint density at radius 1 is 1.09 bits per heavy atom. The number of hydrogen-bond acceptors (Lipinski definition) is 3. The van der Waals surface area contributed by atoms with E-state index in [1.165, 1.54) is 0 Å². The van der Waals surface area contributed by atoms with Crippen LogP contribution in [0.2, 0.25) is 0 Å². The van der Waals surface area contributed by atoms with Gasteiger partial charge in [0.15, 0.2) is 0 Å². The maximum Gasteiger partial charge on any atom is 0.416 e. The molecule has 176 valence electrons. The molecule has 6 nitrogen and oxygen atoms in total. The molecule has 1 fully saturated rings. The summed E-state index contributed by atoms with van der Waals surface area (Å²) in [4.78, 5) is 15.4. The van der Waals surface area contributed by atoms with Crippen LogP contribution in [0.5, 0.6) is 0 Å². The molecule has 0 atom stereocenters. The van der Waals surface area contributed by atoms with Crippen molar-refractivity contribution in [3.8, 4) is 0 Å². The number of carbonyl (C=O) groups is 1. The number of halogens is 3. The highest BCUT2D eigenvalue weighted by molar-refractivity contribution is 7.89. The second-order valence-corrected chi connectivity index (χ2v) is 10.0. The van der Waals surface area contributed by atoms with Gasteiger partial charge in [0, 0.05) is 42.7 Å². The van der Waals surface area contributed by atoms with Crippen LogP contribution < -0.4 is 5.32 Å². The van der Waals surface area contributed by atoms with Gasteiger partial charge in [-0.05, 0) is 49.1 Å². The molecule has 0 saturated carbocycles. The Labute approximate surface area is 189 Å². The molecule has 2 heterocycles. The van der Waals surface area contributed by atoms with Crippen LogP contribution in [-0.4, -0.2) is 43.2 Å². The van der Waals surface area contributed by atoms with Gasteiger partial charge in [-0.15, -0.1) is 0 Å². The fraction of sp³-hybridized carbons (Fsp3) is 0.348. The van der Waals surface area contributed by atoms with Crippen molar-refractivity contribution in [1.82, 2.24) is 14.6 Å². The van der Waals surface area contributed by atoms with E-state index in [4.69, 9.17) is 0 Å². The predicted octanol–water partition coefficient (Wildman–Crippen LogP) is 3.95. The van der Waals surface area contributed by atoms with Crippen molar-refractivity contribution in [2.45, 2.75) is 30.3 Å². The van der Waals surface area contributed by atoms with Gasteiger partial charge >= 0.3 is 6.18 Å². The third-order valence-electron chi connectivity index (χ3n) is 5.99. The number of nitrogens with zero attached hydrogens (tertiary/aromatic N) is 1. The Balaban J connectivity index is 1.31. The summed E-state index contributed by atoms with van der Waals surface area (Å²) in [5.74, 6) is -0.466. The Kier molecular flexibility index (Phi) is 6.49. The van der Waals surface area contributed by atoms with Crippen molar-refractivity contribution in [3.05, 3.63) is 65.9 Å². The number of rotatable bonds is 6. The fourth-order valence-corrected chi connectivity index (χ4v) is 5.66. The van der Waals surface area contributed by atoms with Crippen LogP contribution in [0.1, 0.15) is 24.0 Å². The number of alkyl halides is 3. The molecule has 1 aliphatic rings. The average molecular weight is 480 g/mol. The largest absolute Gasteiger partial charge is 0.416 e. The number of sulfonamides is 1. The van der Waals surface area contributed by atoms with E-state index >= 15 is 0 Å². The zero-order chi connectivity index (χ0) is 23.6. The first kappa shape index (κ1) is 23.3. The van der Waals surface area contributed by atoms with E-state index in [0.29, 0.717) is 31.9 Å². The van der Waals surface area contributed by atoms with Crippen molar-refractivity contribution in [1.29, 1.82) is 0 Å². The number of amides is 1. The zero-order valence-electron chi connectivity index (χ0n) is 17.7. The van der Waals surface area contributed by atoms with Crippen LogP contribution in [0.4, 0.5) is 13.2 Å². The lowest BCUT2D eigenvalue weighted by atomic mass is 9.97. The van der Waals surface area contributed by atoms with E-state index in [2.05, 4.69) is 10.3 Å². The van der Waals surface area contributed by atoms with Crippen LogP contribution in [0.15, 0.2) is 59.6 Å². The number of benzene rings is 2. The van der Waals surface area contributed by atoms with Gasteiger partial charge in [-0.2, -0.15) is 17.5 Å². The molecule has 2 aromatic carbocycles. The number of para-hydroxylation sites is 1. The molecule has 1 aliphatic heterocycles. The van der Waals surface area contributed by atoms with Crippen LogP contribution in [0, 0.1) is 5.92 Å². The van der Waals surface area contributed by atoms with Gasteiger partial charge in [-0.3, -0.25) is 4.79 Å². The second-order valence-electron chi connectivity index (χ2n) is 8.10. The van der Waals surface area contributed by atoms with E-state index in [0.717, 1.165) is 39.0 Å². The van der Waals surface area contributed by atoms with Gasteiger partial charge in [0.25, 0.3) is 0 Å². The molecular weight excluding hydrogens is 455 g/mol. The monoisotopic (exact) mass is 479 g/mol. The van der Waals surface area contributed by atoms with Gasteiger partial charge in [-0.25, -0.2) is 8.42 Å². The molecule has 1 saturated heterocycles. The highest BCUT2D eigenvalue weighted by Crippen LogP contribution is 2.32. The quantitative estimate of drug-likeness (QED) is 0.562. The lowest BCUT2D eigenvalue weighted by Gasteiger charge is -2.30. The lowest BCUT2D eigenvalue weighted by Crippen LogP contribution is -2.43. The van der Waals surface area contributed by atoms with Crippen molar-refractivity contribution < 1.29 is 26.4 Å². The van der Waals surface area contributed by atoms with Gasteiger partial charge in [0.1, 0.15) is 0 Å². The Bertz CT molecular complexity index is 1250. The van der Waals surface area contributed by atoms with Crippen LogP contribution in [0.3, 0.4) is 0 Å². The molecule has 3 aromatic rings. The first-order valence-corrected chi connectivity index (χ1v) is 12.1. The molecule has 1 amide bonds. The van der Waals surface area contributed by atoms with Gasteiger partial charge in [-0.1, -0.05) is 24.3 Å². The fourth-order valence-electron chi connectivity index (χ4n) is 4.14. The summed E-state index contributed by atoms with van der Waals surface area (Å²) in [6.07, 6.45) is -1.40. The Morgan fingerprint density at radius 3 is 2.55 bits per heavy atom. The van der Waals surface area contributed by atoms with Crippen LogP contribution >= 0.6 is 0 Å². The molecule has 10 heteroatoms. The summed E-state index contributed by atoms with van der Waals surface area (Å²) in [7, 11) is -4.06. The van der Waals surface area contributed by atoms with E-state index in [1.54, 1.807) is 0 Å². The SMILES string of the molecule is O=C(NCCc1c[nH]c2ccccc12)C1CCN(S(=O)(=O)c2cccc(C(F)(F)F)c2)CC1.